The van der Waals surface area contributed by atoms with E-state index in [0.29, 0.717) is 0 Å². The Labute approximate surface area is 78.3 Å². The maximum Gasteiger partial charge on any atom is 0.316 e. The zero-order valence-corrected chi connectivity index (χ0v) is 7.93. The lowest BCUT2D eigenvalue weighted by molar-refractivity contribution is -0.152. The number of carbonyl (C=O) groups excluding carboxylic acids is 1. The van der Waals surface area contributed by atoms with Crippen LogP contribution in [-0.2, 0) is 9.53 Å². The van der Waals surface area contributed by atoms with E-state index in [9.17, 15) is 4.79 Å². The minimum atomic E-state index is -0.302. The molecule has 0 spiro atoms. The van der Waals surface area contributed by atoms with E-state index in [1.165, 1.54) is 7.11 Å². The van der Waals surface area contributed by atoms with Crippen molar-refractivity contribution in [3.8, 4) is 0 Å². The average Bonchev–Trinajstić information content (AvgIpc) is 2.14. The van der Waals surface area contributed by atoms with E-state index in [1.54, 1.807) is 0 Å². The third-order valence-electron chi connectivity index (χ3n) is 3.14. The Morgan fingerprint density at radius 2 is 2.46 bits per heavy atom. The molecule has 2 rings (SSSR count). The second-order valence-electron chi connectivity index (χ2n) is 3.86. The number of carbonyl (C=O) groups is 1. The number of methoxy groups -OCH3 is 1. The van der Waals surface area contributed by atoms with Crippen molar-refractivity contribution in [2.45, 2.75) is 25.7 Å². The second-order valence-corrected chi connectivity index (χ2v) is 3.86. The van der Waals surface area contributed by atoms with Gasteiger partial charge in [0.05, 0.1) is 12.5 Å². The standard InChI is InChI=1S/C11H14O2/c1-8-7-11(10(12)13-2)6-4-3-5-9(8)11/h5H,1,3-4,6-7H2,2H3. The lowest BCUT2D eigenvalue weighted by Crippen LogP contribution is -2.44. The van der Waals surface area contributed by atoms with Gasteiger partial charge in [-0.3, -0.25) is 4.79 Å². The maximum absolute atomic E-state index is 11.6. The Morgan fingerprint density at radius 1 is 1.69 bits per heavy atom. The summed E-state index contributed by atoms with van der Waals surface area (Å²) in [5.74, 6) is -0.0779. The Morgan fingerprint density at radius 3 is 3.08 bits per heavy atom. The minimum absolute atomic E-state index is 0.0779. The first kappa shape index (κ1) is 8.54. The van der Waals surface area contributed by atoms with E-state index >= 15 is 0 Å². The quantitative estimate of drug-likeness (QED) is 0.575. The van der Waals surface area contributed by atoms with Gasteiger partial charge in [0.25, 0.3) is 0 Å². The monoisotopic (exact) mass is 178 g/mol. The fraction of sp³-hybridized carbons (Fsp3) is 0.545. The highest BCUT2D eigenvalue weighted by Crippen LogP contribution is 2.55. The van der Waals surface area contributed by atoms with Gasteiger partial charge in [0, 0.05) is 0 Å². The Hall–Kier alpha value is -1.05. The number of esters is 1. The van der Waals surface area contributed by atoms with Gasteiger partial charge in [-0.15, -0.1) is 0 Å². The van der Waals surface area contributed by atoms with Crippen molar-refractivity contribution in [2.24, 2.45) is 5.41 Å². The van der Waals surface area contributed by atoms with Crippen LogP contribution in [0.15, 0.2) is 23.8 Å². The van der Waals surface area contributed by atoms with Crippen LogP contribution >= 0.6 is 0 Å². The molecule has 2 aliphatic carbocycles. The lowest BCUT2D eigenvalue weighted by Gasteiger charge is -2.46. The van der Waals surface area contributed by atoms with Crippen LogP contribution in [0.25, 0.3) is 0 Å². The molecule has 1 unspecified atom stereocenters. The summed E-state index contributed by atoms with van der Waals surface area (Å²) < 4.78 is 4.84. The predicted molar refractivity (Wildman–Crippen MR) is 50.1 cm³/mol. The molecule has 0 heterocycles. The molecule has 0 aromatic rings. The summed E-state index contributed by atoms with van der Waals surface area (Å²) in [5, 5.41) is 0. The lowest BCUT2D eigenvalue weighted by atomic mass is 9.57. The van der Waals surface area contributed by atoms with E-state index in [1.807, 2.05) is 0 Å². The number of allylic oxidation sites excluding steroid dienone is 2. The zero-order chi connectivity index (χ0) is 9.47. The van der Waals surface area contributed by atoms with Gasteiger partial charge in [-0.25, -0.2) is 0 Å². The summed E-state index contributed by atoms with van der Waals surface area (Å²) in [7, 11) is 1.46. The first-order valence-corrected chi connectivity index (χ1v) is 4.68. The van der Waals surface area contributed by atoms with Gasteiger partial charge in [-0.1, -0.05) is 12.7 Å². The summed E-state index contributed by atoms with van der Waals surface area (Å²) in [6.45, 7) is 3.93. The molecule has 1 atom stereocenters. The van der Waals surface area contributed by atoms with Crippen molar-refractivity contribution >= 4 is 5.97 Å². The van der Waals surface area contributed by atoms with E-state index in [-0.39, 0.29) is 11.4 Å². The van der Waals surface area contributed by atoms with E-state index < -0.39 is 0 Å². The topological polar surface area (TPSA) is 26.3 Å². The van der Waals surface area contributed by atoms with Crippen molar-refractivity contribution in [3.63, 3.8) is 0 Å². The molecule has 1 fully saturated rings. The molecule has 0 bridgehead atoms. The molecule has 0 amide bonds. The van der Waals surface area contributed by atoms with Crippen LogP contribution < -0.4 is 0 Å². The zero-order valence-electron chi connectivity index (χ0n) is 7.93. The fourth-order valence-corrected chi connectivity index (χ4v) is 2.48. The molecule has 0 aromatic carbocycles. The van der Waals surface area contributed by atoms with Crippen LogP contribution in [0.3, 0.4) is 0 Å². The average molecular weight is 178 g/mol. The molecule has 0 saturated heterocycles. The number of fused-ring (bicyclic) bond motifs is 1. The molecule has 2 aliphatic rings. The minimum Gasteiger partial charge on any atom is -0.468 e. The first-order valence-electron chi connectivity index (χ1n) is 4.68. The van der Waals surface area contributed by atoms with Crippen LogP contribution in [0.2, 0.25) is 0 Å². The number of rotatable bonds is 1. The van der Waals surface area contributed by atoms with Gasteiger partial charge in [0.2, 0.25) is 0 Å². The molecule has 2 nitrogen and oxygen atoms in total. The molecule has 2 heteroatoms. The maximum atomic E-state index is 11.6. The molecular weight excluding hydrogens is 164 g/mol. The molecule has 13 heavy (non-hydrogen) atoms. The van der Waals surface area contributed by atoms with Gasteiger partial charge >= 0.3 is 5.97 Å². The largest absolute Gasteiger partial charge is 0.468 e. The molecule has 0 N–H and O–H groups in total. The highest BCUT2D eigenvalue weighted by Gasteiger charge is 2.52. The van der Waals surface area contributed by atoms with Crippen molar-refractivity contribution in [1.29, 1.82) is 0 Å². The molecule has 0 radical (unpaired) electrons. The third-order valence-corrected chi connectivity index (χ3v) is 3.14. The molecule has 0 aromatic heterocycles. The predicted octanol–water partition coefficient (Wildman–Crippen LogP) is 2.22. The molecular formula is C11H14O2. The van der Waals surface area contributed by atoms with Crippen molar-refractivity contribution in [3.05, 3.63) is 23.8 Å². The van der Waals surface area contributed by atoms with Crippen molar-refractivity contribution < 1.29 is 9.53 Å². The van der Waals surface area contributed by atoms with Crippen LogP contribution in [0, 0.1) is 5.41 Å². The highest BCUT2D eigenvalue weighted by atomic mass is 16.5. The second kappa shape index (κ2) is 2.72. The third kappa shape index (κ3) is 0.978. The molecule has 1 saturated carbocycles. The van der Waals surface area contributed by atoms with E-state index in [2.05, 4.69) is 12.7 Å². The van der Waals surface area contributed by atoms with Gasteiger partial charge < -0.3 is 4.74 Å². The molecule has 70 valence electrons. The van der Waals surface area contributed by atoms with Crippen LogP contribution in [-0.4, -0.2) is 13.1 Å². The summed E-state index contributed by atoms with van der Waals surface area (Å²) in [6, 6.07) is 0. The van der Waals surface area contributed by atoms with Crippen LogP contribution in [0.5, 0.6) is 0 Å². The van der Waals surface area contributed by atoms with Crippen molar-refractivity contribution in [1.82, 2.24) is 0 Å². The van der Waals surface area contributed by atoms with Crippen LogP contribution in [0.4, 0.5) is 0 Å². The number of ether oxygens (including phenoxy) is 1. The summed E-state index contributed by atoms with van der Waals surface area (Å²) >= 11 is 0. The fourth-order valence-electron chi connectivity index (χ4n) is 2.48. The number of hydrogen-bond acceptors (Lipinski definition) is 2. The van der Waals surface area contributed by atoms with Gasteiger partial charge in [-0.05, 0) is 36.8 Å². The smallest absolute Gasteiger partial charge is 0.316 e. The summed E-state index contributed by atoms with van der Waals surface area (Å²) in [5.41, 5.74) is 1.96. The Balaban J connectivity index is 2.32. The van der Waals surface area contributed by atoms with Gasteiger partial charge in [0.15, 0.2) is 0 Å². The van der Waals surface area contributed by atoms with E-state index in [4.69, 9.17) is 4.74 Å². The summed E-state index contributed by atoms with van der Waals surface area (Å²) in [6.07, 6.45) is 6.04. The normalized spacial score (nSPS) is 31.5. The Bertz CT molecular complexity index is 301. The highest BCUT2D eigenvalue weighted by molar-refractivity contribution is 5.86. The molecule has 0 aliphatic heterocycles. The summed E-state index contributed by atoms with van der Waals surface area (Å²) in [4.78, 5) is 11.6. The SMILES string of the molecule is C=C1CC2(C(=O)OC)CCCC=C12. The van der Waals surface area contributed by atoms with E-state index in [0.717, 1.165) is 36.8 Å². The Kier molecular flexibility index (Phi) is 1.79. The van der Waals surface area contributed by atoms with Crippen molar-refractivity contribution in [2.75, 3.05) is 7.11 Å². The van der Waals surface area contributed by atoms with Crippen LogP contribution in [0.1, 0.15) is 25.7 Å². The van der Waals surface area contributed by atoms with Gasteiger partial charge in [-0.2, -0.15) is 0 Å². The number of hydrogen-bond donors (Lipinski definition) is 0. The first-order chi connectivity index (χ1) is 6.20. The van der Waals surface area contributed by atoms with Gasteiger partial charge in [0.1, 0.15) is 0 Å².